The highest BCUT2D eigenvalue weighted by atomic mass is 32.2. The highest BCUT2D eigenvalue weighted by Gasteiger charge is 2.22. The van der Waals surface area contributed by atoms with Gasteiger partial charge in [-0.05, 0) is 6.92 Å². The number of rotatable bonds is 1. The average Bonchev–Trinajstić information content (AvgIpc) is 2.27. The molecule has 1 aromatic rings. The van der Waals surface area contributed by atoms with Crippen LogP contribution in [0.5, 0.6) is 0 Å². The van der Waals surface area contributed by atoms with E-state index in [0.717, 1.165) is 9.88 Å². The van der Waals surface area contributed by atoms with Crippen molar-refractivity contribution in [2.75, 3.05) is 6.26 Å². The number of thiazole rings is 1. The molecule has 1 heterocycles. The van der Waals surface area contributed by atoms with Crippen molar-refractivity contribution >= 4 is 21.1 Å². The quantitative estimate of drug-likeness (QED) is 0.809. The van der Waals surface area contributed by atoms with E-state index >= 15 is 0 Å². The van der Waals surface area contributed by atoms with Crippen LogP contribution in [-0.2, 0) is 15.1 Å². The maximum Gasteiger partial charge on any atom is 0.149 e. The lowest BCUT2D eigenvalue weighted by Gasteiger charge is -2.13. The van der Waals surface area contributed by atoms with Gasteiger partial charge in [0.15, 0.2) is 0 Å². The second kappa shape index (κ2) is 3.31. The molecule has 5 heteroatoms. The lowest BCUT2D eigenvalue weighted by molar-refractivity contribution is 0.580. The Morgan fingerprint density at radius 2 is 1.93 bits per heavy atom. The van der Waals surface area contributed by atoms with Crippen LogP contribution < -0.4 is 0 Å². The predicted molar refractivity (Wildman–Crippen MR) is 60.6 cm³/mol. The number of nitrogens with zero attached hydrogens (tertiary/aromatic N) is 1. The van der Waals surface area contributed by atoms with Gasteiger partial charge in [-0.15, -0.1) is 11.3 Å². The molecule has 0 aliphatic rings. The molecule has 1 atom stereocenters. The summed E-state index contributed by atoms with van der Waals surface area (Å²) in [5.74, 6) is 0. The third kappa shape index (κ3) is 2.33. The molecule has 0 aliphatic carbocycles. The van der Waals surface area contributed by atoms with Crippen LogP contribution >= 0.6 is 11.3 Å². The van der Waals surface area contributed by atoms with Crippen molar-refractivity contribution in [2.24, 2.45) is 0 Å². The molecule has 0 bridgehead atoms. The first-order valence-electron chi connectivity index (χ1n) is 4.34. The van der Waals surface area contributed by atoms with Crippen LogP contribution in [0.3, 0.4) is 0 Å². The van der Waals surface area contributed by atoms with E-state index in [0.29, 0.717) is 5.03 Å². The van der Waals surface area contributed by atoms with Gasteiger partial charge in [-0.2, -0.15) is 0 Å². The lowest BCUT2D eigenvalue weighted by atomic mass is 9.98. The molecule has 1 aromatic heterocycles. The fraction of sp³-hybridized carbons (Fsp3) is 0.667. The van der Waals surface area contributed by atoms with Crippen LogP contribution in [0.2, 0.25) is 0 Å². The number of aryl methyl sites for hydroxylation is 1. The molecule has 0 aromatic carbocycles. The van der Waals surface area contributed by atoms with E-state index in [9.17, 15) is 4.21 Å². The Morgan fingerprint density at radius 1 is 1.43 bits per heavy atom. The first-order valence-corrected chi connectivity index (χ1v) is 7.12. The molecule has 1 unspecified atom stereocenters. The van der Waals surface area contributed by atoms with Crippen molar-refractivity contribution < 1.29 is 4.21 Å². The number of hydrogen-bond donors (Lipinski definition) is 1. The summed E-state index contributed by atoms with van der Waals surface area (Å²) in [5, 5.41) is 1.40. The Morgan fingerprint density at radius 3 is 2.14 bits per heavy atom. The molecular formula is C9H16N2OS2. The van der Waals surface area contributed by atoms with Crippen LogP contribution in [0.1, 0.15) is 30.7 Å². The summed E-state index contributed by atoms with van der Waals surface area (Å²) >= 11 is 1.54. The molecule has 0 radical (unpaired) electrons. The van der Waals surface area contributed by atoms with Gasteiger partial charge in [-0.3, -0.25) is 0 Å². The van der Waals surface area contributed by atoms with E-state index < -0.39 is 9.73 Å². The predicted octanol–water partition coefficient (Wildman–Crippen LogP) is 2.78. The Hall–Kier alpha value is -0.420. The Bertz CT molecular complexity index is 438. The standard InChI is InChI=1S/C9H16N2OS2/c1-6-7(14(5,10)12)11-8(13-6)9(2,3)4/h10H,1-5H3. The Labute approximate surface area is 89.5 Å². The monoisotopic (exact) mass is 232 g/mol. The Balaban J connectivity index is 3.33. The van der Waals surface area contributed by atoms with Gasteiger partial charge in [0, 0.05) is 16.5 Å². The SMILES string of the molecule is Cc1sc(C(C)(C)C)nc1S(C)(=N)=O. The smallest absolute Gasteiger partial charge is 0.149 e. The fourth-order valence-electron chi connectivity index (χ4n) is 1.06. The highest BCUT2D eigenvalue weighted by Crippen LogP contribution is 2.30. The van der Waals surface area contributed by atoms with E-state index in [-0.39, 0.29) is 5.41 Å². The van der Waals surface area contributed by atoms with Crippen LogP contribution in [0.4, 0.5) is 0 Å². The normalized spacial score (nSPS) is 16.6. The number of aromatic nitrogens is 1. The number of nitrogens with one attached hydrogen (secondary N) is 1. The van der Waals surface area contributed by atoms with Crippen molar-refractivity contribution in [1.82, 2.24) is 4.98 Å². The van der Waals surface area contributed by atoms with Gasteiger partial charge in [0.05, 0.1) is 14.7 Å². The molecule has 0 saturated carbocycles. The molecule has 1 N–H and O–H groups in total. The first-order chi connectivity index (χ1) is 6.12. The molecule has 0 amide bonds. The average molecular weight is 232 g/mol. The first kappa shape index (κ1) is 11.7. The zero-order chi connectivity index (χ0) is 11.1. The van der Waals surface area contributed by atoms with Crippen molar-refractivity contribution in [2.45, 2.75) is 38.1 Å². The molecule has 1 rings (SSSR count). The maximum absolute atomic E-state index is 11.6. The lowest BCUT2D eigenvalue weighted by Crippen LogP contribution is -2.11. The zero-order valence-corrected chi connectivity index (χ0v) is 10.8. The van der Waals surface area contributed by atoms with Crippen LogP contribution in [0.15, 0.2) is 5.03 Å². The topological polar surface area (TPSA) is 53.8 Å². The van der Waals surface area contributed by atoms with Crippen LogP contribution in [0.25, 0.3) is 0 Å². The summed E-state index contributed by atoms with van der Waals surface area (Å²) in [5.41, 5.74) is -0.0294. The van der Waals surface area contributed by atoms with Crippen molar-refractivity contribution in [3.63, 3.8) is 0 Å². The molecule has 0 aliphatic heterocycles. The van der Waals surface area contributed by atoms with Crippen LogP contribution in [0, 0.1) is 11.7 Å². The molecule has 0 saturated heterocycles. The minimum atomic E-state index is -2.67. The van der Waals surface area contributed by atoms with E-state index in [2.05, 4.69) is 25.8 Å². The van der Waals surface area contributed by atoms with E-state index in [1.54, 1.807) is 0 Å². The van der Waals surface area contributed by atoms with Gasteiger partial charge in [-0.1, -0.05) is 20.8 Å². The molecule has 0 spiro atoms. The van der Waals surface area contributed by atoms with Crippen molar-refractivity contribution in [1.29, 1.82) is 4.78 Å². The summed E-state index contributed by atoms with van der Waals surface area (Å²) in [7, 11) is -2.67. The molecule has 14 heavy (non-hydrogen) atoms. The van der Waals surface area contributed by atoms with Gasteiger partial charge in [0.2, 0.25) is 0 Å². The summed E-state index contributed by atoms with van der Waals surface area (Å²) < 4.78 is 19.1. The summed E-state index contributed by atoms with van der Waals surface area (Å²) in [6.07, 6.45) is 1.42. The van der Waals surface area contributed by atoms with Gasteiger partial charge in [0.1, 0.15) is 5.03 Å². The van der Waals surface area contributed by atoms with Gasteiger partial charge < -0.3 is 0 Å². The molecule has 80 valence electrons. The third-order valence-electron chi connectivity index (χ3n) is 1.76. The second-order valence-corrected chi connectivity index (χ2v) is 7.75. The third-order valence-corrected chi connectivity index (χ3v) is 4.43. The summed E-state index contributed by atoms with van der Waals surface area (Å²) in [4.78, 5) is 5.21. The van der Waals surface area contributed by atoms with E-state index in [4.69, 9.17) is 4.78 Å². The van der Waals surface area contributed by atoms with Crippen LogP contribution in [-0.4, -0.2) is 15.4 Å². The second-order valence-electron chi connectivity index (χ2n) is 4.47. The molecular weight excluding hydrogens is 216 g/mol. The minimum Gasteiger partial charge on any atom is -0.248 e. The van der Waals surface area contributed by atoms with Crippen molar-refractivity contribution in [3.8, 4) is 0 Å². The van der Waals surface area contributed by atoms with Gasteiger partial charge in [0.25, 0.3) is 0 Å². The molecule has 3 nitrogen and oxygen atoms in total. The van der Waals surface area contributed by atoms with Gasteiger partial charge >= 0.3 is 0 Å². The highest BCUT2D eigenvalue weighted by molar-refractivity contribution is 7.91. The number of hydrogen-bond acceptors (Lipinski definition) is 4. The largest absolute Gasteiger partial charge is 0.248 e. The zero-order valence-electron chi connectivity index (χ0n) is 9.17. The summed E-state index contributed by atoms with van der Waals surface area (Å²) in [6, 6.07) is 0. The van der Waals surface area contributed by atoms with E-state index in [1.165, 1.54) is 17.6 Å². The minimum absolute atomic E-state index is 0.0294. The fourth-order valence-corrected chi connectivity index (χ4v) is 3.40. The maximum atomic E-state index is 11.6. The van der Waals surface area contributed by atoms with Crippen molar-refractivity contribution in [3.05, 3.63) is 9.88 Å². The molecule has 0 fully saturated rings. The summed E-state index contributed by atoms with van der Waals surface area (Å²) in [6.45, 7) is 8.07. The van der Waals surface area contributed by atoms with E-state index in [1.807, 2.05) is 6.92 Å². The Kier molecular flexibility index (Phi) is 2.75. The van der Waals surface area contributed by atoms with Gasteiger partial charge in [-0.25, -0.2) is 14.0 Å².